The van der Waals surface area contributed by atoms with Gasteiger partial charge in [0, 0.05) is 11.5 Å². The molecule has 4 aromatic rings. The summed E-state index contributed by atoms with van der Waals surface area (Å²) in [5.74, 6) is -1.73. The van der Waals surface area contributed by atoms with Gasteiger partial charge in [0.15, 0.2) is 0 Å². The van der Waals surface area contributed by atoms with E-state index in [1.165, 1.54) is 18.2 Å². The Morgan fingerprint density at radius 2 is 1.94 bits per heavy atom. The van der Waals surface area contributed by atoms with Crippen molar-refractivity contribution in [2.75, 3.05) is 10.6 Å². The SMILES string of the molecule is Cc1cc(CC(=O)Nc2cccc3cc(C(=O)Nc4ccc(C#N)cc4C(=O)O)[nH]c23)on1. The molecular formula is C23H17N5O5. The fraction of sp³-hybridized carbons (Fsp3) is 0.0870. The molecule has 10 heteroatoms. The first-order valence-corrected chi connectivity index (χ1v) is 9.76. The number of nitrogens with zero attached hydrogens (tertiary/aromatic N) is 2. The number of amides is 2. The van der Waals surface area contributed by atoms with Gasteiger partial charge in [0.25, 0.3) is 5.91 Å². The first-order chi connectivity index (χ1) is 15.8. The number of fused-ring (bicyclic) bond motifs is 1. The monoisotopic (exact) mass is 443 g/mol. The fourth-order valence-electron chi connectivity index (χ4n) is 3.32. The Bertz CT molecular complexity index is 1440. The highest BCUT2D eigenvalue weighted by molar-refractivity contribution is 6.10. The van der Waals surface area contributed by atoms with E-state index in [4.69, 9.17) is 9.78 Å². The van der Waals surface area contributed by atoms with E-state index < -0.39 is 11.9 Å². The van der Waals surface area contributed by atoms with Gasteiger partial charge in [-0.05, 0) is 37.3 Å². The zero-order valence-corrected chi connectivity index (χ0v) is 17.3. The minimum Gasteiger partial charge on any atom is -0.478 e. The van der Waals surface area contributed by atoms with Crippen molar-refractivity contribution in [1.29, 1.82) is 5.26 Å². The van der Waals surface area contributed by atoms with E-state index in [9.17, 15) is 19.5 Å². The third-order valence-corrected chi connectivity index (χ3v) is 4.81. The highest BCUT2D eigenvalue weighted by Gasteiger charge is 2.17. The second kappa shape index (κ2) is 8.68. The number of carbonyl (C=O) groups is 3. The molecular weight excluding hydrogens is 426 g/mol. The number of benzene rings is 2. The van der Waals surface area contributed by atoms with E-state index in [0.717, 1.165) is 0 Å². The zero-order valence-electron chi connectivity index (χ0n) is 17.3. The maximum Gasteiger partial charge on any atom is 0.337 e. The number of aromatic nitrogens is 2. The lowest BCUT2D eigenvalue weighted by atomic mass is 10.1. The smallest absolute Gasteiger partial charge is 0.337 e. The third kappa shape index (κ3) is 4.57. The quantitative estimate of drug-likeness (QED) is 0.355. The Morgan fingerprint density at radius 3 is 2.64 bits per heavy atom. The van der Waals surface area contributed by atoms with E-state index in [2.05, 4.69) is 20.8 Å². The highest BCUT2D eigenvalue weighted by atomic mass is 16.5. The van der Waals surface area contributed by atoms with Crippen molar-refractivity contribution in [1.82, 2.24) is 10.1 Å². The third-order valence-electron chi connectivity index (χ3n) is 4.81. The number of anilines is 2. The minimum absolute atomic E-state index is 0.00192. The van der Waals surface area contributed by atoms with Gasteiger partial charge in [-0.15, -0.1) is 0 Å². The van der Waals surface area contributed by atoms with Gasteiger partial charge in [-0.25, -0.2) is 4.79 Å². The fourth-order valence-corrected chi connectivity index (χ4v) is 3.32. The predicted molar refractivity (Wildman–Crippen MR) is 118 cm³/mol. The number of carboxylic acid groups (broad SMARTS) is 1. The van der Waals surface area contributed by atoms with Crippen LogP contribution < -0.4 is 10.6 Å². The van der Waals surface area contributed by atoms with Gasteiger partial charge in [0.2, 0.25) is 5.91 Å². The lowest BCUT2D eigenvalue weighted by molar-refractivity contribution is -0.115. The van der Waals surface area contributed by atoms with E-state index in [1.54, 1.807) is 37.3 Å². The van der Waals surface area contributed by atoms with Gasteiger partial charge >= 0.3 is 5.97 Å². The van der Waals surface area contributed by atoms with E-state index >= 15 is 0 Å². The van der Waals surface area contributed by atoms with Crippen LogP contribution in [0.2, 0.25) is 0 Å². The van der Waals surface area contributed by atoms with Gasteiger partial charge in [-0.2, -0.15) is 5.26 Å². The molecule has 0 aliphatic heterocycles. The van der Waals surface area contributed by atoms with Gasteiger partial charge in [-0.1, -0.05) is 17.3 Å². The number of rotatable bonds is 6. The number of hydrogen-bond donors (Lipinski definition) is 4. The van der Waals surface area contributed by atoms with Crippen LogP contribution in [0.25, 0.3) is 10.9 Å². The van der Waals surface area contributed by atoms with E-state index in [-0.39, 0.29) is 34.8 Å². The van der Waals surface area contributed by atoms with E-state index in [1.807, 2.05) is 6.07 Å². The topological polar surface area (TPSA) is 161 Å². The number of carboxylic acids is 1. The number of carbonyl (C=O) groups excluding carboxylic acids is 2. The molecule has 4 rings (SSSR count). The van der Waals surface area contributed by atoms with Crippen LogP contribution in [0.5, 0.6) is 0 Å². The molecule has 164 valence electrons. The summed E-state index contributed by atoms with van der Waals surface area (Å²) in [5, 5.41) is 28.1. The average Bonchev–Trinajstić information content (AvgIpc) is 3.40. The van der Waals surface area contributed by atoms with Crippen molar-refractivity contribution in [3.05, 3.63) is 76.8 Å². The molecule has 0 fully saturated rings. The van der Waals surface area contributed by atoms with Crippen LogP contribution in [-0.2, 0) is 11.2 Å². The van der Waals surface area contributed by atoms with Gasteiger partial charge in [0.1, 0.15) is 11.5 Å². The summed E-state index contributed by atoms with van der Waals surface area (Å²) in [4.78, 5) is 39.7. The van der Waals surface area contributed by atoms with Gasteiger partial charge in [-0.3, -0.25) is 9.59 Å². The Hall–Kier alpha value is -4.91. The van der Waals surface area contributed by atoms with Crippen LogP contribution >= 0.6 is 0 Å². The summed E-state index contributed by atoms with van der Waals surface area (Å²) in [5.41, 5.74) is 1.86. The number of nitriles is 1. The second-order valence-corrected chi connectivity index (χ2v) is 7.24. The maximum absolute atomic E-state index is 12.8. The number of aryl methyl sites for hydroxylation is 1. The first-order valence-electron chi connectivity index (χ1n) is 9.76. The lowest BCUT2D eigenvalue weighted by Gasteiger charge is -2.08. The standard InChI is InChI=1S/C23H17N5O5/c1-12-7-15(33-28-12)10-20(29)25-18-4-2-3-14-9-19(26-21(14)18)22(30)27-17-6-5-13(11-24)8-16(17)23(31)32/h2-9,26H,10H2,1H3,(H,25,29)(H,27,30)(H,31,32). The van der Waals surface area contributed by atoms with Crippen molar-refractivity contribution in [2.45, 2.75) is 13.3 Å². The molecule has 10 nitrogen and oxygen atoms in total. The number of para-hydroxylation sites is 1. The van der Waals surface area contributed by atoms with Crippen molar-refractivity contribution in [3.8, 4) is 6.07 Å². The number of nitrogens with one attached hydrogen (secondary N) is 3. The van der Waals surface area contributed by atoms with Crippen molar-refractivity contribution in [3.63, 3.8) is 0 Å². The largest absolute Gasteiger partial charge is 0.478 e. The van der Waals surface area contributed by atoms with E-state index in [0.29, 0.717) is 28.0 Å². The highest BCUT2D eigenvalue weighted by Crippen LogP contribution is 2.25. The summed E-state index contributed by atoms with van der Waals surface area (Å²) in [6.45, 7) is 1.76. The second-order valence-electron chi connectivity index (χ2n) is 7.24. The normalized spacial score (nSPS) is 10.5. The molecule has 2 amide bonds. The molecule has 0 radical (unpaired) electrons. The molecule has 0 aliphatic carbocycles. The van der Waals surface area contributed by atoms with Crippen molar-refractivity contribution < 1.29 is 24.0 Å². The molecule has 0 atom stereocenters. The summed E-state index contributed by atoms with van der Waals surface area (Å²) in [6.07, 6.45) is 0.00192. The Labute approximate surface area is 186 Å². The Kier molecular flexibility index (Phi) is 5.61. The molecule has 4 N–H and O–H groups in total. The summed E-state index contributed by atoms with van der Waals surface area (Å²) in [7, 11) is 0. The molecule has 0 saturated heterocycles. The lowest BCUT2D eigenvalue weighted by Crippen LogP contribution is -2.15. The Morgan fingerprint density at radius 1 is 1.12 bits per heavy atom. The predicted octanol–water partition coefficient (Wildman–Crippen LogP) is 3.47. The first kappa shape index (κ1) is 21.3. The molecule has 0 saturated carbocycles. The molecule has 2 heterocycles. The molecule has 2 aromatic heterocycles. The number of aromatic amines is 1. The van der Waals surface area contributed by atoms with Crippen LogP contribution in [-0.4, -0.2) is 33.0 Å². The summed E-state index contributed by atoms with van der Waals surface area (Å²) >= 11 is 0. The van der Waals surface area contributed by atoms with Crippen LogP contribution in [0.1, 0.15) is 37.9 Å². The van der Waals surface area contributed by atoms with Crippen LogP contribution in [0.15, 0.2) is 53.1 Å². The molecule has 2 aromatic carbocycles. The molecule has 0 spiro atoms. The zero-order chi connectivity index (χ0) is 23.5. The number of aromatic carboxylic acids is 1. The summed E-state index contributed by atoms with van der Waals surface area (Å²) in [6, 6.07) is 14.3. The molecule has 0 aliphatic rings. The van der Waals surface area contributed by atoms with Gasteiger partial charge in [0.05, 0.1) is 46.2 Å². The molecule has 0 unspecified atom stereocenters. The van der Waals surface area contributed by atoms with Crippen LogP contribution in [0.4, 0.5) is 11.4 Å². The average molecular weight is 443 g/mol. The number of H-pyrrole nitrogens is 1. The van der Waals surface area contributed by atoms with Crippen LogP contribution in [0.3, 0.4) is 0 Å². The van der Waals surface area contributed by atoms with Crippen molar-refractivity contribution >= 4 is 40.1 Å². The van der Waals surface area contributed by atoms with Crippen molar-refractivity contribution in [2.24, 2.45) is 0 Å². The maximum atomic E-state index is 12.8. The van der Waals surface area contributed by atoms with Gasteiger partial charge < -0.3 is 25.2 Å². The molecule has 0 bridgehead atoms. The number of hydrogen-bond acceptors (Lipinski definition) is 6. The van der Waals surface area contributed by atoms with Crippen LogP contribution in [0, 0.1) is 18.3 Å². The molecule has 33 heavy (non-hydrogen) atoms. The summed E-state index contributed by atoms with van der Waals surface area (Å²) < 4.78 is 5.06. The minimum atomic E-state index is -1.27. The Balaban J connectivity index is 1.56.